The summed E-state index contributed by atoms with van der Waals surface area (Å²) in [6.45, 7) is 3.29. The largest absolute Gasteiger partial charge is 0.476 e. The summed E-state index contributed by atoms with van der Waals surface area (Å²) in [6, 6.07) is 16.2. The van der Waals surface area contributed by atoms with Crippen molar-refractivity contribution in [2.45, 2.75) is 19.4 Å². The van der Waals surface area contributed by atoms with Crippen LogP contribution in [0.3, 0.4) is 0 Å². The minimum absolute atomic E-state index is 0.0530. The van der Waals surface area contributed by atoms with Crippen LogP contribution in [0.1, 0.15) is 29.8 Å². The van der Waals surface area contributed by atoms with Crippen molar-refractivity contribution in [1.82, 2.24) is 0 Å². The third kappa shape index (κ3) is 4.56. The summed E-state index contributed by atoms with van der Waals surface area (Å²) in [7, 11) is 1.32. The second kappa shape index (κ2) is 7.59. The van der Waals surface area contributed by atoms with E-state index in [2.05, 4.69) is 0 Å². The number of allylic oxidation sites excluding steroid dienone is 1. The first kappa shape index (κ1) is 17.5. The standard InChI is InChI=1S/C20H20O4/c1-20(2,19(22)23-3)24-17-12-9-15(10-13-17)11-14-18(21)16-7-5-4-6-8-16/h4-14H,1-3H3/b14-11+. The Labute approximate surface area is 141 Å². The number of esters is 1. The van der Waals surface area contributed by atoms with Crippen LogP contribution in [0.15, 0.2) is 60.7 Å². The fraction of sp³-hybridized carbons (Fsp3) is 0.200. The number of carbonyl (C=O) groups excluding carboxylic acids is 2. The maximum atomic E-state index is 12.0. The van der Waals surface area contributed by atoms with E-state index in [0.717, 1.165) is 5.56 Å². The molecule has 0 aliphatic heterocycles. The van der Waals surface area contributed by atoms with Gasteiger partial charge in [0.2, 0.25) is 0 Å². The van der Waals surface area contributed by atoms with E-state index in [-0.39, 0.29) is 5.78 Å². The van der Waals surface area contributed by atoms with Gasteiger partial charge in [0.1, 0.15) is 5.75 Å². The molecule has 0 spiro atoms. The Hall–Kier alpha value is -2.88. The molecule has 2 aromatic carbocycles. The number of ether oxygens (including phenoxy) is 2. The molecule has 0 aliphatic carbocycles. The monoisotopic (exact) mass is 324 g/mol. The van der Waals surface area contributed by atoms with Gasteiger partial charge in [-0.1, -0.05) is 48.5 Å². The average Bonchev–Trinajstić information content (AvgIpc) is 2.60. The van der Waals surface area contributed by atoms with Crippen LogP contribution in [0.5, 0.6) is 5.75 Å². The van der Waals surface area contributed by atoms with E-state index in [1.807, 2.05) is 30.3 Å². The normalized spacial score (nSPS) is 11.3. The fourth-order valence-electron chi connectivity index (χ4n) is 2.10. The van der Waals surface area contributed by atoms with Gasteiger partial charge >= 0.3 is 5.97 Å². The maximum absolute atomic E-state index is 12.0. The molecule has 2 aromatic rings. The smallest absolute Gasteiger partial charge is 0.349 e. The topological polar surface area (TPSA) is 52.6 Å². The van der Waals surface area contributed by atoms with Crippen molar-refractivity contribution in [3.8, 4) is 5.75 Å². The van der Waals surface area contributed by atoms with Gasteiger partial charge in [-0.05, 0) is 37.6 Å². The molecular weight excluding hydrogens is 304 g/mol. The summed E-state index contributed by atoms with van der Waals surface area (Å²) in [4.78, 5) is 23.6. The zero-order valence-corrected chi connectivity index (χ0v) is 14.0. The van der Waals surface area contributed by atoms with Crippen LogP contribution < -0.4 is 4.74 Å². The minimum Gasteiger partial charge on any atom is -0.476 e. The van der Waals surface area contributed by atoms with Crippen LogP contribution in [0.4, 0.5) is 0 Å². The zero-order valence-electron chi connectivity index (χ0n) is 14.0. The SMILES string of the molecule is COC(=O)C(C)(C)Oc1ccc(/C=C/C(=O)c2ccccc2)cc1. The molecule has 4 heteroatoms. The molecule has 0 heterocycles. The highest BCUT2D eigenvalue weighted by atomic mass is 16.6. The second-order valence-electron chi connectivity index (χ2n) is 5.74. The summed E-state index contributed by atoms with van der Waals surface area (Å²) in [5.74, 6) is 0.0552. The summed E-state index contributed by atoms with van der Waals surface area (Å²) in [5, 5.41) is 0. The molecule has 0 aliphatic rings. The van der Waals surface area contributed by atoms with Gasteiger partial charge in [0.15, 0.2) is 11.4 Å². The third-order valence-corrected chi connectivity index (χ3v) is 3.42. The van der Waals surface area contributed by atoms with Crippen LogP contribution in [-0.2, 0) is 9.53 Å². The number of rotatable bonds is 6. The highest BCUT2D eigenvalue weighted by Crippen LogP contribution is 2.20. The molecule has 0 aromatic heterocycles. The van der Waals surface area contributed by atoms with E-state index in [4.69, 9.17) is 9.47 Å². The lowest BCUT2D eigenvalue weighted by Crippen LogP contribution is -2.39. The van der Waals surface area contributed by atoms with E-state index in [9.17, 15) is 9.59 Å². The Bertz CT molecular complexity index is 728. The summed E-state index contributed by atoms with van der Waals surface area (Å²) in [5.41, 5.74) is 0.450. The van der Waals surface area contributed by atoms with Gasteiger partial charge in [0.25, 0.3) is 0 Å². The van der Waals surface area contributed by atoms with E-state index < -0.39 is 11.6 Å². The third-order valence-electron chi connectivity index (χ3n) is 3.42. The first-order chi connectivity index (χ1) is 11.4. The molecule has 0 amide bonds. The highest BCUT2D eigenvalue weighted by Gasteiger charge is 2.30. The predicted octanol–water partition coefficient (Wildman–Crippen LogP) is 3.91. The van der Waals surface area contributed by atoms with Crippen LogP contribution in [0.25, 0.3) is 6.08 Å². The molecule has 0 fully saturated rings. The van der Waals surface area contributed by atoms with Crippen molar-refractivity contribution in [1.29, 1.82) is 0 Å². The van der Waals surface area contributed by atoms with Crippen LogP contribution in [0, 0.1) is 0 Å². The van der Waals surface area contributed by atoms with Gasteiger partial charge in [-0.25, -0.2) is 4.79 Å². The Morgan fingerprint density at radius 3 is 2.17 bits per heavy atom. The van der Waals surface area contributed by atoms with E-state index >= 15 is 0 Å². The lowest BCUT2D eigenvalue weighted by atomic mass is 10.1. The van der Waals surface area contributed by atoms with Crippen LogP contribution in [-0.4, -0.2) is 24.5 Å². The van der Waals surface area contributed by atoms with Crippen molar-refractivity contribution in [2.75, 3.05) is 7.11 Å². The quantitative estimate of drug-likeness (QED) is 0.459. The Morgan fingerprint density at radius 1 is 0.958 bits per heavy atom. The van der Waals surface area contributed by atoms with Gasteiger partial charge in [0.05, 0.1) is 7.11 Å². The number of hydrogen-bond acceptors (Lipinski definition) is 4. The lowest BCUT2D eigenvalue weighted by Gasteiger charge is -2.23. The number of methoxy groups -OCH3 is 1. The first-order valence-corrected chi connectivity index (χ1v) is 7.57. The van der Waals surface area contributed by atoms with Crippen LogP contribution >= 0.6 is 0 Å². The molecule has 24 heavy (non-hydrogen) atoms. The summed E-state index contributed by atoms with van der Waals surface area (Å²) >= 11 is 0. The van der Waals surface area contributed by atoms with Gasteiger partial charge < -0.3 is 9.47 Å². The second-order valence-corrected chi connectivity index (χ2v) is 5.74. The zero-order chi connectivity index (χ0) is 17.6. The molecule has 0 unspecified atom stereocenters. The summed E-state index contributed by atoms with van der Waals surface area (Å²) in [6.07, 6.45) is 3.27. The molecular formula is C20H20O4. The van der Waals surface area contributed by atoms with Gasteiger partial charge in [0, 0.05) is 5.56 Å². The Balaban J connectivity index is 2.03. The van der Waals surface area contributed by atoms with E-state index in [0.29, 0.717) is 11.3 Å². The highest BCUT2D eigenvalue weighted by molar-refractivity contribution is 6.06. The Kier molecular flexibility index (Phi) is 5.53. The number of ketones is 1. The molecule has 0 N–H and O–H groups in total. The molecule has 4 nitrogen and oxygen atoms in total. The van der Waals surface area contributed by atoms with Gasteiger partial charge in [-0.15, -0.1) is 0 Å². The van der Waals surface area contributed by atoms with Crippen LogP contribution in [0.2, 0.25) is 0 Å². The molecule has 0 radical (unpaired) electrons. The fourth-order valence-corrected chi connectivity index (χ4v) is 2.10. The molecule has 0 atom stereocenters. The number of benzene rings is 2. The van der Waals surface area contributed by atoms with E-state index in [1.165, 1.54) is 13.2 Å². The molecule has 0 saturated carbocycles. The molecule has 0 saturated heterocycles. The van der Waals surface area contributed by atoms with E-state index in [1.54, 1.807) is 44.2 Å². The molecule has 0 bridgehead atoms. The minimum atomic E-state index is -1.06. The average molecular weight is 324 g/mol. The predicted molar refractivity (Wildman–Crippen MR) is 93.0 cm³/mol. The van der Waals surface area contributed by atoms with Crippen molar-refractivity contribution in [3.63, 3.8) is 0 Å². The van der Waals surface area contributed by atoms with Crippen molar-refractivity contribution < 1.29 is 19.1 Å². The first-order valence-electron chi connectivity index (χ1n) is 7.57. The maximum Gasteiger partial charge on any atom is 0.349 e. The van der Waals surface area contributed by atoms with Crippen molar-refractivity contribution in [2.24, 2.45) is 0 Å². The lowest BCUT2D eigenvalue weighted by molar-refractivity contribution is -0.156. The Morgan fingerprint density at radius 2 is 1.58 bits per heavy atom. The molecule has 124 valence electrons. The van der Waals surface area contributed by atoms with Gasteiger partial charge in [-0.2, -0.15) is 0 Å². The van der Waals surface area contributed by atoms with Crippen molar-refractivity contribution in [3.05, 3.63) is 71.8 Å². The number of carbonyl (C=O) groups is 2. The molecule has 2 rings (SSSR count). The van der Waals surface area contributed by atoms with Crippen molar-refractivity contribution >= 4 is 17.8 Å². The summed E-state index contributed by atoms with van der Waals surface area (Å²) < 4.78 is 10.3. The number of hydrogen-bond donors (Lipinski definition) is 0. The van der Waals surface area contributed by atoms with Gasteiger partial charge in [-0.3, -0.25) is 4.79 Å².